The van der Waals surface area contributed by atoms with Gasteiger partial charge in [-0.3, -0.25) is 4.79 Å². The fourth-order valence-electron chi connectivity index (χ4n) is 1.68. The van der Waals surface area contributed by atoms with Gasteiger partial charge in [0.2, 0.25) is 0 Å². The average Bonchev–Trinajstić information content (AvgIpc) is 2.61. The molecule has 0 aromatic carbocycles. The van der Waals surface area contributed by atoms with Crippen LogP contribution in [0.5, 0.6) is 0 Å². The lowest BCUT2D eigenvalue weighted by Gasteiger charge is -2.16. The van der Waals surface area contributed by atoms with Crippen molar-refractivity contribution >= 4 is 22.6 Å². The zero-order chi connectivity index (χ0) is 12.6. The van der Waals surface area contributed by atoms with E-state index in [0.29, 0.717) is 16.9 Å². The van der Waals surface area contributed by atoms with Crippen molar-refractivity contribution in [1.29, 1.82) is 0 Å². The van der Waals surface area contributed by atoms with E-state index in [1.807, 2.05) is 20.8 Å². The third-order valence-corrected chi connectivity index (χ3v) is 3.50. The van der Waals surface area contributed by atoms with Crippen LogP contribution in [-0.4, -0.2) is 14.3 Å². The van der Waals surface area contributed by atoms with Gasteiger partial charge in [0.1, 0.15) is 11.2 Å². The molecule has 0 spiro atoms. The van der Waals surface area contributed by atoms with Crippen LogP contribution in [0.1, 0.15) is 44.8 Å². The van der Waals surface area contributed by atoms with Gasteiger partial charge in [0, 0.05) is 10.3 Å². The van der Waals surface area contributed by atoms with Crippen LogP contribution in [0.4, 0.5) is 0 Å². The second-order valence-corrected chi connectivity index (χ2v) is 6.08. The Morgan fingerprint density at radius 2 is 2.06 bits per heavy atom. The minimum Gasteiger partial charge on any atom is -0.309 e. The molecule has 0 bridgehead atoms. The van der Waals surface area contributed by atoms with Crippen LogP contribution in [0.15, 0.2) is 4.79 Å². The van der Waals surface area contributed by atoms with Gasteiger partial charge in [0.05, 0.1) is 0 Å². The van der Waals surface area contributed by atoms with Crippen molar-refractivity contribution < 1.29 is 0 Å². The first-order chi connectivity index (χ1) is 7.93. The fourth-order valence-corrected chi connectivity index (χ4v) is 2.58. The van der Waals surface area contributed by atoms with Crippen molar-refractivity contribution in [3.8, 4) is 0 Å². The van der Waals surface area contributed by atoms with Crippen LogP contribution in [0.3, 0.4) is 0 Å². The molecule has 0 aliphatic heterocycles. The highest BCUT2D eigenvalue weighted by molar-refractivity contribution is 7.07. The zero-order valence-electron chi connectivity index (χ0n) is 10.6. The maximum Gasteiger partial charge on any atom is 0.261 e. The Morgan fingerprint density at radius 1 is 1.35 bits per heavy atom. The number of nitrogens with one attached hydrogen (secondary N) is 1. The molecule has 0 radical (unpaired) electrons. The number of aromatic amines is 1. The molecule has 0 saturated carbocycles. The summed E-state index contributed by atoms with van der Waals surface area (Å²) in [5.74, 6) is 0.698. The third-order valence-electron chi connectivity index (χ3n) is 2.61. The summed E-state index contributed by atoms with van der Waals surface area (Å²) in [5, 5.41) is 0.671. The van der Waals surface area contributed by atoms with E-state index in [9.17, 15) is 4.79 Å². The molecule has 0 saturated heterocycles. The Balaban J connectivity index is 2.66. The molecule has 2 aromatic heterocycles. The molecule has 5 heteroatoms. The molecule has 92 valence electrons. The molecule has 1 N–H and O–H groups in total. The van der Waals surface area contributed by atoms with Crippen LogP contribution in [0, 0.1) is 0 Å². The van der Waals surface area contributed by atoms with Crippen molar-refractivity contribution in [3.05, 3.63) is 21.1 Å². The van der Waals surface area contributed by atoms with Crippen molar-refractivity contribution in [2.24, 2.45) is 0 Å². The SMILES string of the molecule is CCCc1snc2nc(C(C)(C)C)[nH]c(=O)c12. The van der Waals surface area contributed by atoms with E-state index in [0.717, 1.165) is 17.7 Å². The first kappa shape index (κ1) is 12.2. The van der Waals surface area contributed by atoms with Crippen LogP contribution in [0.25, 0.3) is 11.0 Å². The Labute approximate surface area is 104 Å². The largest absolute Gasteiger partial charge is 0.309 e. The number of fused-ring (bicyclic) bond motifs is 1. The zero-order valence-corrected chi connectivity index (χ0v) is 11.4. The second-order valence-electron chi connectivity index (χ2n) is 5.22. The molecule has 0 fully saturated rings. The average molecular weight is 251 g/mol. The minimum atomic E-state index is -0.165. The minimum absolute atomic E-state index is 0.0582. The summed E-state index contributed by atoms with van der Waals surface area (Å²) in [6.07, 6.45) is 1.90. The molecule has 0 atom stereocenters. The third kappa shape index (κ3) is 2.24. The maximum atomic E-state index is 12.1. The molecule has 17 heavy (non-hydrogen) atoms. The van der Waals surface area contributed by atoms with E-state index in [2.05, 4.69) is 21.3 Å². The smallest absolute Gasteiger partial charge is 0.261 e. The number of rotatable bonds is 2. The summed E-state index contributed by atoms with van der Waals surface area (Å²) in [6, 6.07) is 0. The summed E-state index contributed by atoms with van der Waals surface area (Å²) >= 11 is 1.39. The van der Waals surface area contributed by atoms with Gasteiger partial charge in [-0.05, 0) is 18.0 Å². The predicted molar refractivity (Wildman–Crippen MR) is 70.7 cm³/mol. The van der Waals surface area contributed by atoms with Crippen LogP contribution in [-0.2, 0) is 11.8 Å². The van der Waals surface area contributed by atoms with Gasteiger partial charge in [-0.1, -0.05) is 34.1 Å². The summed E-state index contributed by atoms with van der Waals surface area (Å²) in [5.41, 5.74) is 0.367. The normalized spacial score (nSPS) is 12.2. The highest BCUT2D eigenvalue weighted by Gasteiger charge is 2.20. The molecule has 4 nitrogen and oxygen atoms in total. The lowest BCUT2D eigenvalue weighted by atomic mass is 9.96. The van der Waals surface area contributed by atoms with E-state index in [-0.39, 0.29) is 11.0 Å². The topological polar surface area (TPSA) is 58.6 Å². The monoisotopic (exact) mass is 251 g/mol. The molecule has 2 heterocycles. The van der Waals surface area contributed by atoms with Gasteiger partial charge in [0.15, 0.2) is 5.65 Å². The maximum absolute atomic E-state index is 12.1. The van der Waals surface area contributed by atoms with Crippen molar-refractivity contribution in [2.75, 3.05) is 0 Å². The van der Waals surface area contributed by atoms with Crippen LogP contribution >= 0.6 is 11.5 Å². The van der Waals surface area contributed by atoms with E-state index in [1.165, 1.54) is 11.5 Å². The van der Waals surface area contributed by atoms with Crippen molar-refractivity contribution in [3.63, 3.8) is 0 Å². The lowest BCUT2D eigenvalue weighted by Crippen LogP contribution is -2.22. The summed E-state index contributed by atoms with van der Waals surface area (Å²) in [7, 11) is 0. The molecule has 0 amide bonds. The van der Waals surface area contributed by atoms with Crippen LogP contribution < -0.4 is 5.56 Å². The molecule has 0 unspecified atom stereocenters. The van der Waals surface area contributed by atoms with Gasteiger partial charge in [-0.2, -0.15) is 4.37 Å². The Morgan fingerprint density at radius 3 is 2.65 bits per heavy atom. The summed E-state index contributed by atoms with van der Waals surface area (Å²) in [6.45, 7) is 8.17. The molecule has 0 aliphatic rings. The van der Waals surface area contributed by atoms with Crippen LogP contribution in [0.2, 0.25) is 0 Å². The molecule has 2 rings (SSSR count). The number of hydrogen-bond donors (Lipinski definition) is 1. The molecular formula is C12H17N3OS. The highest BCUT2D eigenvalue weighted by Crippen LogP contribution is 2.22. The van der Waals surface area contributed by atoms with Crippen molar-refractivity contribution in [2.45, 2.75) is 46.0 Å². The van der Waals surface area contributed by atoms with Gasteiger partial charge in [-0.15, -0.1) is 0 Å². The van der Waals surface area contributed by atoms with Gasteiger partial charge >= 0.3 is 0 Å². The van der Waals surface area contributed by atoms with Gasteiger partial charge < -0.3 is 4.98 Å². The van der Waals surface area contributed by atoms with E-state index >= 15 is 0 Å². The first-order valence-electron chi connectivity index (χ1n) is 5.82. The lowest BCUT2D eigenvalue weighted by molar-refractivity contribution is 0.546. The Kier molecular flexibility index (Phi) is 3.03. The van der Waals surface area contributed by atoms with E-state index in [4.69, 9.17) is 0 Å². The van der Waals surface area contributed by atoms with E-state index in [1.54, 1.807) is 0 Å². The predicted octanol–water partition coefficient (Wildman–Crippen LogP) is 2.63. The highest BCUT2D eigenvalue weighted by atomic mass is 32.1. The molecule has 0 aliphatic carbocycles. The Bertz CT molecular complexity index is 592. The number of hydrogen-bond acceptors (Lipinski definition) is 4. The molecular weight excluding hydrogens is 234 g/mol. The molecule has 2 aromatic rings. The van der Waals surface area contributed by atoms with Crippen molar-refractivity contribution in [1.82, 2.24) is 14.3 Å². The first-order valence-corrected chi connectivity index (χ1v) is 6.60. The number of aryl methyl sites for hydroxylation is 1. The fraction of sp³-hybridized carbons (Fsp3) is 0.583. The summed E-state index contributed by atoms with van der Waals surface area (Å²) < 4.78 is 4.28. The number of aromatic nitrogens is 3. The van der Waals surface area contributed by atoms with E-state index < -0.39 is 0 Å². The second kappa shape index (κ2) is 4.22. The number of nitrogens with zero attached hydrogens (tertiary/aromatic N) is 2. The summed E-state index contributed by atoms with van der Waals surface area (Å²) in [4.78, 5) is 20.4. The van der Waals surface area contributed by atoms with Gasteiger partial charge in [0.25, 0.3) is 5.56 Å². The standard InChI is InChI=1S/C12H17N3OS/c1-5-6-7-8-9(15-17-7)13-11(12(2,3)4)14-10(8)16/h5-6H2,1-4H3,(H,13,14,15,16). The quantitative estimate of drug-likeness (QED) is 0.892. The van der Waals surface area contributed by atoms with Gasteiger partial charge in [-0.25, -0.2) is 4.98 Å². The Hall–Kier alpha value is -1.23. The number of H-pyrrole nitrogens is 1.